The largest absolute Gasteiger partial charge is 0.354 e. The Balaban J connectivity index is 1.80. The van der Waals surface area contributed by atoms with E-state index in [2.05, 4.69) is 12.2 Å². The van der Waals surface area contributed by atoms with Crippen molar-refractivity contribution in [2.75, 3.05) is 17.4 Å². The highest BCUT2D eigenvalue weighted by Gasteiger charge is 2.35. The van der Waals surface area contributed by atoms with Gasteiger partial charge in [-0.05, 0) is 67.6 Å². The van der Waals surface area contributed by atoms with Crippen molar-refractivity contribution in [1.29, 1.82) is 0 Å². The van der Waals surface area contributed by atoms with Crippen LogP contribution in [0.2, 0.25) is 0 Å². The summed E-state index contributed by atoms with van der Waals surface area (Å²) in [7, 11) is -4.14. The van der Waals surface area contributed by atoms with Crippen molar-refractivity contribution in [1.82, 2.24) is 10.2 Å². The number of hydrogen-bond acceptors (Lipinski definition) is 4. The zero-order valence-corrected chi connectivity index (χ0v) is 27.4. The molecule has 1 N–H and O–H groups in total. The lowest BCUT2D eigenvalue weighted by Crippen LogP contribution is -2.53. The maximum Gasteiger partial charge on any atom is 0.264 e. The molecule has 45 heavy (non-hydrogen) atoms. The van der Waals surface area contributed by atoms with E-state index in [0.717, 1.165) is 35.1 Å². The Morgan fingerprint density at radius 3 is 2.04 bits per heavy atom. The summed E-state index contributed by atoms with van der Waals surface area (Å²) in [6.07, 6.45) is 2.01. The third-order valence-corrected chi connectivity index (χ3v) is 9.75. The van der Waals surface area contributed by atoms with Crippen LogP contribution < -0.4 is 9.62 Å². The SMILES string of the molecule is CCCCNC(=O)[C@H](Cc1ccccc1)N(Cc1ccccc1C)C(=O)CN(c1ccccc1C)S(=O)(=O)c1ccc(C)cc1. The molecule has 8 heteroatoms. The van der Waals surface area contributed by atoms with Crippen LogP contribution in [0.5, 0.6) is 0 Å². The van der Waals surface area contributed by atoms with Gasteiger partial charge in [-0.25, -0.2) is 8.42 Å². The minimum absolute atomic E-state index is 0.0905. The molecule has 0 saturated carbocycles. The Hall–Kier alpha value is -4.43. The second kappa shape index (κ2) is 15.5. The highest BCUT2D eigenvalue weighted by molar-refractivity contribution is 7.92. The third kappa shape index (κ3) is 8.60. The number of unbranched alkanes of at least 4 members (excludes halogenated alkanes) is 1. The summed E-state index contributed by atoms with van der Waals surface area (Å²) in [4.78, 5) is 30.1. The van der Waals surface area contributed by atoms with Crippen LogP contribution in [0, 0.1) is 20.8 Å². The highest BCUT2D eigenvalue weighted by atomic mass is 32.2. The Morgan fingerprint density at radius 1 is 0.778 bits per heavy atom. The van der Waals surface area contributed by atoms with Crippen LogP contribution in [0.15, 0.2) is 108 Å². The molecule has 1 atom stereocenters. The van der Waals surface area contributed by atoms with Gasteiger partial charge in [-0.1, -0.05) is 104 Å². The van der Waals surface area contributed by atoms with Gasteiger partial charge >= 0.3 is 0 Å². The van der Waals surface area contributed by atoms with Gasteiger partial charge in [-0.15, -0.1) is 0 Å². The summed E-state index contributed by atoms with van der Waals surface area (Å²) >= 11 is 0. The lowest BCUT2D eigenvalue weighted by molar-refractivity contribution is -0.140. The zero-order chi connectivity index (χ0) is 32.4. The van der Waals surface area contributed by atoms with Crippen molar-refractivity contribution in [3.8, 4) is 0 Å². The van der Waals surface area contributed by atoms with Crippen molar-refractivity contribution in [2.24, 2.45) is 0 Å². The van der Waals surface area contributed by atoms with Crippen LogP contribution in [0.3, 0.4) is 0 Å². The monoisotopic (exact) mass is 625 g/mol. The standard InChI is InChI=1S/C37H43N3O4S/c1-5-6-24-38-37(42)35(25-31-16-8-7-9-17-31)39(26-32-18-12-10-14-29(32)3)36(41)27-40(34-19-13-11-15-30(34)4)45(43,44)33-22-20-28(2)21-23-33/h7-23,35H,5-6,24-27H2,1-4H3,(H,38,42)/t35-/m0/s1. The lowest BCUT2D eigenvalue weighted by atomic mass is 10.0. The molecule has 4 aromatic rings. The Kier molecular flexibility index (Phi) is 11.5. The summed E-state index contributed by atoms with van der Waals surface area (Å²) < 4.78 is 29.6. The van der Waals surface area contributed by atoms with Crippen LogP contribution in [0.1, 0.15) is 47.6 Å². The number of sulfonamides is 1. The number of amides is 2. The summed E-state index contributed by atoms with van der Waals surface area (Å²) in [6.45, 7) is 7.90. The predicted molar refractivity (Wildman–Crippen MR) is 180 cm³/mol. The first-order valence-corrected chi connectivity index (χ1v) is 16.9. The first kappa shape index (κ1) is 33.5. The molecule has 2 amide bonds. The third-order valence-electron chi connectivity index (χ3n) is 7.97. The second-order valence-corrected chi connectivity index (χ2v) is 13.3. The van der Waals surface area contributed by atoms with E-state index in [1.54, 1.807) is 41.3 Å². The molecule has 4 rings (SSSR count). The van der Waals surface area contributed by atoms with Gasteiger partial charge in [-0.3, -0.25) is 13.9 Å². The van der Waals surface area contributed by atoms with Crippen molar-refractivity contribution >= 4 is 27.5 Å². The van der Waals surface area contributed by atoms with Gasteiger partial charge in [0.25, 0.3) is 10.0 Å². The zero-order valence-electron chi connectivity index (χ0n) is 26.6. The molecule has 0 saturated heterocycles. The van der Waals surface area contributed by atoms with Crippen LogP contribution in [0.4, 0.5) is 5.69 Å². The number of anilines is 1. The Bertz CT molecular complexity index is 1690. The molecule has 0 aliphatic heterocycles. The number of nitrogens with zero attached hydrogens (tertiary/aromatic N) is 2. The van der Waals surface area contributed by atoms with Gasteiger partial charge in [-0.2, -0.15) is 0 Å². The molecule has 4 aromatic carbocycles. The number of nitrogens with one attached hydrogen (secondary N) is 1. The second-order valence-electron chi connectivity index (χ2n) is 11.4. The number of carbonyl (C=O) groups excluding carboxylic acids is 2. The molecule has 0 fully saturated rings. The molecule has 0 heterocycles. The van der Waals surface area contributed by atoms with E-state index >= 15 is 0 Å². The van der Waals surface area contributed by atoms with Gasteiger partial charge in [0.2, 0.25) is 11.8 Å². The minimum atomic E-state index is -4.14. The van der Waals surface area contributed by atoms with Crippen LogP contribution in [0.25, 0.3) is 0 Å². The fourth-order valence-electron chi connectivity index (χ4n) is 5.23. The fraction of sp³-hybridized carbons (Fsp3) is 0.297. The van der Waals surface area contributed by atoms with Gasteiger partial charge < -0.3 is 10.2 Å². The number of benzene rings is 4. The molecule has 0 unspecified atom stereocenters. The molecule has 0 radical (unpaired) electrons. The highest BCUT2D eigenvalue weighted by Crippen LogP contribution is 2.28. The van der Waals surface area contributed by atoms with E-state index in [1.807, 2.05) is 87.5 Å². The maximum atomic E-state index is 14.6. The van der Waals surface area contributed by atoms with E-state index in [-0.39, 0.29) is 23.8 Å². The van der Waals surface area contributed by atoms with E-state index in [0.29, 0.717) is 17.8 Å². The quantitative estimate of drug-likeness (QED) is 0.165. The van der Waals surface area contributed by atoms with E-state index in [4.69, 9.17) is 0 Å². The van der Waals surface area contributed by atoms with Crippen LogP contribution in [-0.2, 0) is 32.6 Å². The van der Waals surface area contributed by atoms with E-state index in [1.165, 1.54) is 4.31 Å². The number of rotatable bonds is 14. The predicted octanol–water partition coefficient (Wildman–Crippen LogP) is 6.36. The van der Waals surface area contributed by atoms with E-state index in [9.17, 15) is 18.0 Å². The number of aryl methyl sites for hydroxylation is 3. The smallest absolute Gasteiger partial charge is 0.264 e. The Morgan fingerprint density at radius 2 is 1.40 bits per heavy atom. The van der Waals surface area contributed by atoms with Crippen LogP contribution >= 0.6 is 0 Å². The maximum absolute atomic E-state index is 14.6. The van der Waals surface area contributed by atoms with Crippen molar-refractivity contribution in [2.45, 2.75) is 64.4 Å². The molecular weight excluding hydrogens is 582 g/mol. The Labute approximate surface area is 268 Å². The van der Waals surface area contributed by atoms with Gasteiger partial charge in [0, 0.05) is 19.5 Å². The normalized spacial score (nSPS) is 11.9. The molecule has 0 spiro atoms. The molecule has 0 bridgehead atoms. The van der Waals surface area contributed by atoms with Crippen LogP contribution in [-0.4, -0.2) is 44.3 Å². The molecule has 0 aliphatic rings. The molecule has 0 aromatic heterocycles. The molecule has 7 nitrogen and oxygen atoms in total. The molecule has 0 aliphatic carbocycles. The van der Waals surface area contributed by atoms with Gasteiger partial charge in [0.15, 0.2) is 0 Å². The summed E-state index contributed by atoms with van der Waals surface area (Å²) in [6, 6.07) is 30.2. The number of para-hydroxylation sites is 1. The first-order valence-electron chi connectivity index (χ1n) is 15.4. The van der Waals surface area contributed by atoms with Gasteiger partial charge in [0.05, 0.1) is 10.6 Å². The summed E-state index contributed by atoms with van der Waals surface area (Å²) in [5.74, 6) is -0.734. The summed E-state index contributed by atoms with van der Waals surface area (Å²) in [5, 5.41) is 3.03. The lowest BCUT2D eigenvalue weighted by Gasteiger charge is -2.34. The minimum Gasteiger partial charge on any atom is -0.354 e. The number of hydrogen-bond donors (Lipinski definition) is 1. The summed E-state index contributed by atoms with van der Waals surface area (Å²) in [5.41, 5.74) is 4.81. The first-order chi connectivity index (χ1) is 21.6. The molecule has 236 valence electrons. The van der Waals surface area contributed by atoms with Crippen molar-refractivity contribution in [3.05, 3.63) is 131 Å². The fourth-order valence-corrected chi connectivity index (χ4v) is 6.70. The number of carbonyl (C=O) groups is 2. The van der Waals surface area contributed by atoms with Crippen molar-refractivity contribution < 1.29 is 18.0 Å². The van der Waals surface area contributed by atoms with Crippen molar-refractivity contribution in [3.63, 3.8) is 0 Å². The average Bonchev–Trinajstić information content (AvgIpc) is 3.03. The topological polar surface area (TPSA) is 86.8 Å². The van der Waals surface area contributed by atoms with Gasteiger partial charge in [0.1, 0.15) is 12.6 Å². The average molecular weight is 626 g/mol. The van der Waals surface area contributed by atoms with E-state index < -0.39 is 28.5 Å². The molecular formula is C37H43N3O4S.